The molecule has 0 spiro atoms. The molecule has 1 heterocycles. The third-order valence-electron chi connectivity index (χ3n) is 8.16. The fourth-order valence-electron chi connectivity index (χ4n) is 5.53. The van der Waals surface area contributed by atoms with Crippen LogP contribution in [0.1, 0.15) is 59.3 Å². The Morgan fingerprint density at radius 1 is 1.09 bits per heavy atom. The van der Waals surface area contributed by atoms with Gasteiger partial charge in [-0.15, -0.1) is 0 Å². The average molecular weight is 586 g/mol. The van der Waals surface area contributed by atoms with Crippen molar-refractivity contribution in [2.45, 2.75) is 63.0 Å². The second kappa shape index (κ2) is 13.3. The van der Waals surface area contributed by atoms with Crippen LogP contribution < -0.4 is 20.7 Å². The Labute approximate surface area is 254 Å². The standard InChI is InChI=1S/C35H43N3O5/c1-34(2,41)27-9-7-10-28(21-27)35(12-13-35)37-22-32(39)31-19-24-8-6-11-30(18-24)43-15-5-4-14-36-29-17-25(23-42-3)16-26(20-29)33(40)38-31/h4-11,16-18,20-21,31-32,36-37,39,41H,12-15,19,22-23H2,1-3H3,(H,38,40)/t31-,32+/m0/s1. The first kappa shape index (κ1) is 30.8. The lowest BCUT2D eigenvalue weighted by atomic mass is 9.93. The van der Waals surface area contributed by atoms with Gasteiger partial charge in [0.1, 0.15) is 12.4 Å². The Kier molecular flexibility index (Phi) is 9.52. The van der Waals surface area contributed by atoms with Crippen LogP contribution in [0.15, 0.2) is 78.9 Å². The zero-order valence-electron chi connectivity index (χ0n) is 25.2. The lowest BCUT2D eigenvalue weighted by Gasteiger charge is -2.28. The van der Waals surface area contributed by atoms with E-state index in [2.05, 4.69) is 22.0 Å². The van der Waals surface area contributed by atoms with Crippen molar-refractivity contribution in [2.75, 3.05) is 32.1 Å². The Morgan fingerprint density at radius 2 is 1.91 bits per heavy atom. The number of aliphatic hydroxyl groups excluding tert-OH is 1. The summed E-state index contributed by atoms with van der Waals surface area (Å²) < 4.78 is 11.3. The van der Waals surface area contributed by atoms with Gasteiger partial charge in [-0.2, -0.15) is 0 Å². The van der Waals surface area contributed by atoms with Gasteiger partial charge in [-0.1, -0.05) is 42.5 Å². The molecule has 8 nitrogen and oxygen atoms in total. The number of hydrogen-bond acceptors (Lipinski definition) is 7. The van der Waals surface area contributed by atoms with Gasteiger partial charge in [-0.3, -0.25) is 4.79 Å². The van der Waals surface area contributed by atoms with Crippen LogP contribution in [0.5, 0.6) is 5.75 Å². The number of benzene rings is 3. The summed E-state index contributed by atoms with van der Waals surface area (Å²) in [5.74, 6) is 0.469. The summed E-state index contributed by atoms with van der Waals surface area (Å²) in [6, 6.07) is 20.8. The van der Waals surface area contributed by atoms with E-state index < -0.39 is 17.7 Å². The fraction of sp³-hybridized carbons (Fsp3) is 0.400. The van der Waals surface area contributed by atoms with Crippen molar-refractivity contribution in [3.05, 3.63) is 107 Å². The Morgan fingerprint density at radius 3 is 2.67 bits per heavy atom. The molecule has 1 aliphatic carbocycles. The van der Waals surface area contributed by atoms with Crippen LogP contribution in [0.25, 0.3) is 0 Å². The smallest absolute Gasteiger partial charge is 0.251 e. The monoisotopic (exact) mass is 585 g/mol. The summed E-state index contributed by atoms with van der Waals surface area (Å²) in [5.41, 5.74) is 3.88. The number of nitrogens with one attached hydrogen (secondary N) is 3. The molecule has 1 fully saturated rings. The molecular weight excluding hydrogens is 542 g/mol. The number of methoxy groups -OCH3 is 1. The van der Waals surface area contributed by atoms with Gasteiger partial charge in [0.25, 0.3) is 5.91 Å². The Balaban J connectivity index is 1.39. The molecule has 1 saturated carbocycles. The highest BCUT2D eigenvalue weighted by Gasteiger charge is 2.44. The number of carbonyl (C=O) groups excluding carboxylic acids is 1. The van der Waals surface area contributed by atoms with Crippen LogP contribution >= 0.6 is 0 Å². The van der Waals surface area contributed by atoms with Gasteiger partial charge in [0, 0.05) is 37.0 Å². The number of ether oxygens (including phenoxy) is 2. The second-order valence-corrected chi connectivity index (χ2v) is 12.1. The van der Waals surface area contributed by atoms with Crippen molar-refractivity contribution in [3.63, 3.8) is 0 Å². The molecular formula is C35H43N3O5. The number of fused-ring (bicyclic) bond motifs is 4. The molecule has 4 bridgehead atoms. The number of hydrogen-bond donors (Lipinski definition) is 5. The lowest BCUT2D eigenvalue weighted by Crippen LogP contribution is -2.50. The molecule has 5 N–H and O–H groups in total. The number of rotatable bonds is 8. The van der Waals surface area contributed by atoms with Gasteiger partial charge >= 0.3 is 0 Å². The first-order chi connectivity index (χ1) is 20.6. The maximum Gasteiger partial charge on any atom is 0.251 e. The molecule has 3 aromatic carbocycles. The van der Waals surface area contributed by atoms with Crippen LogP contribution in [0.4, 0.5) is 5.69 Å². The highest BCUT2D eigenvalue weighted by molar-refractivity contribution is 5.95. The van der Waals surface area contributed by atoms with Gasteiger partial charge in [-0.25, -0.2) is 0 Å². The quantitative estimate of drug-likeness (QED) is 0.249. The van der Waals surface area contributed by atoms with E-state index in [1.807, 2.05) is 72.8 Å². The maximum atomic E-state index is 13.7. The zero-order valence-corrected chi connectivity index (χ0v) is 25.2. The first-order valence-electron chi connectivity index (χ1n) is 15.0. The summed E-state index contributed by atoms with van der Waals surface area (Å²) in [4.78, 5) is 13.7. The van der Waals surface area contributed by atoms with Gasteiger partial charge in [-0.05, 0) is 91.8 Å². The van der Waals surface area contributed by atoms with Crippen molar-refractivity contribution >= 4 is 11.6 Å². The van der Waals surface area contributed by atoms with Crippen LogP contribution in [0.2, 0.25) is 0 Å². The van der Waals surface area contributed by atoms with E-state index in [9.17, 15) is 15.0 Å². The van der Waals surface area contributed by atoms with Crippen LogP contribution in [0, 0.1) is 0 Å². The van der Waals surface area contributed by atoms with Crippen LogP contribution in [0.3, 0.4) is 0 Å². The zero-order chi connectivity index (χ0) is 30.5. The van der Waals surface area contributed by atoms with Crippen LogP contribution in [-0.2, 0) is 28.9 Å². The highest BCUT2D eigenvalue weighted by Crippen LogP contribution is 2.46. The minimum Gasteiger partial charge on any atom is -0.490 e. The topological polar surface area (TPSA) is 112 Å². The van der Waals surface area contributed by atoms with Crippen molar-refractivity contribution in [2.24, 2.45) is 0 Å². The third-order valence-corrected chi connectivity index (χ3v) is 8.16. The van der Waals surface area contributed by atoms with E-state index in [0.29, 0.717) is 31.7 Å². The van der Waals surface area contributed by atoms with E-state index in [1.165, 1.54) is 0 Å². The normalized spacial score (nSPS) is 19.1. The largest absolute Gasteiger partial charge is 0.490 e. The van der Waals surface area contributed by atoms with Gasteiger partial charge in [0.2, 0.25) is 0 Å². The fourth-order valence-corrected chi connectivity index (χ4v) is 5.53. The molecule has 228 valence electrons. The second-order valence-electron chi connectivity index (χ2n) is 12.1. The molecule has 1 amide bonds. The molecule has 1 aliphatic heterocycles. The van der Waals surface area contributed by atoms with E-state index in [4.69, 9.17) is 9.47 Å². The molecule has 0 radical (unpaired) electrons. The maximum absolute atomic E-state index is 13.7. The highest BCUT2D eigenvalue weighted by atomic mass is 16.5. The minimum absolute atomic E-state index is 0.263. The van der Waals surface area contributed by atoms with Gasteiger partial charge in [0.05, 0.1) is 24.4 Å². The molecule has 5 rings (SSSR count). The predicted octanol–water partition coefficient (Wildman–Crippen LogP) is 4.40. The lowest BCUT2D eigenvalue weighted by molar-refractivity contribution is 0.0784. The molecule has 0 saturated heterocycles. The summed E-state index contributed by atoms with van der Waals surface area (Å²) in [6.07, 6.45) is 5.37. The third kappa shape index (κ3) is 8.03. The van der Waals surface area contributed by atoms with Gasteiger partial charge < -0.3 is 35.6 Å². The molecule has 3 aromatic rings. The Bertz CT molecular complexity index is 1440. The van der Waals surface area contributed by atoms with E-state index in [-0.39, 0.29) is 18.0 Å². The molecule has 43 heavy (non-hydrogen) atoms. The van der Waals surface area contributed by atoms with E-state index >= 15 is 0 Å². The molecule has 8 heteroatoms. The summed E-state index contributed by atoms with van der Waals surface area (Å²) in [5, 5.41) is 32.2. The summed E-state index contributed by atoms with van der Waals surface area (Å²) in [6.45, 7) is 5.23. The van der Waals surface area contributed by atoms with Crippen molar-refractivity contribution in [1.29, 1.82) is 0 Å². The summed E-state index contributed by atoms with van der Waals surface area (Å²) in [7, 11) is 1.63. The molecule has 0 unspecified atom stereocenters. The molecule has 2 atom stereocenters. The van der Waals surface area contributed by atoms with Crippen LogP contribution in [-0.4, -0.2) is 55.1 Å². The number of amides is 1. The minimum atomic E-state index is -0.940. The van der Waals surface area contributed by atoms with Crippen molar-refractivity contribution < 1.29 is 24.5 Å². The van der Waals surface area contributed by atoms with Crippen molar-refractivity contribution in [3.8, 4) is 5.75 Å². The number of anilines is 1. The van der Waals surface area contributed by atoms with E-state index in [1.54, 1.807) is 21.0 Å². The first-order valence-corrected chi connectivity index (χ1v) is 15.0. The Hall–Kier alpha value is -3.69. The number of carbonyl (C=O) groups is 1. The number of aliphatic hydroxyl groups is 2. The average Bonchev–Trinajstić information content (AvgIpc) is 3.78. The molecule has 2 aliphatic rings. The van der Waals surface area contributed by atoms with E-state index in [0.717, 1.165) is 46.5 Å². The molecule has 0 aromatic heterocycles. The van der Waals surface area contributed by atoms with Crippen molar-refractivity contribution in [1.82, 2.24) is 10.6 Å². The summed E-state index contributed by atoms with van der Waals surface area (Å²) >= 11 is 0. The SMILES string of the molecule is COCc1cc2cc(c1)C(=O)N[C@H]([C@H](O)CNC1(c3cccc(C(C)(C)O)c3)CC1)Cc1cccc(c1)OCC=CCN2. The van der Waals surface area contributed by atoms with Gasteiger partial charge in [0.15, 0.2) is 0 Å². The predicted molar refractivity (Wildman–Crippen MR) is 168 cm³/mol.